The van der Waals surface area contributed by atoms with Crippen molar-refractivity contribution in [1.82, 2.24) is 29.9 Å². The lowest BCUT2D eigenvalue weighted by Crippen LogP contribution is -2.41. The minimum absolute atomic E-state index is 0.368. The van der Waals surface area contributed by atoms with Gasteiger partial charge in [-0.1, -0.05) is 428 Å². The average Bonchev–Trinajstić information content (AvgIpc) is 1.63. The maximum absolute atomic E-state index is 14.8. The van der Waals surface area contributed by atoms with Crippen LogP contribution in [0.3, 0.4) is 0 Å². The molecule has 18 aromatic rings. The molecule has 122 heavy (non-hydrogen) atoms. The Morgan fingerprint density at radius 2 is 0.361 bits per heavy atom. The van der Waals surface area contributed by atoms with Gasteiger partial charge in [0.1, 0.15) is 0 Å². The average molecular weight is 1680 g/mol. The van der Waals surface area contributed by atoms with Crippen molar-refractivity contribution in [2.45, 2.75) is 38.9 Å². The van der Waals surface area contributed by atoms with Gasteiger partial charge in [-0.3, -0.25) is 0 Å². The van der Waals surface area contributed by atoms with Crippen molar-refractivity contribution in [3.05, 3.63) is 441 Å². The lowest BCUT2D eigenvalue weighted by Gasteiger charge is -2.32. The van der Waals surface area contributed by atoms with Crippen molar-refractivity contribution in [3.8, 4) is 124 Å². The van der Waals surface area contributed by atoms with Crippen LogP contribution >= 0.6 is 30.2 Å². The van der Waals surface area contributed by atoms with Gasteiger partial charge in [-0.05, 0) is 113 Å². The fraction of sp³-hybridized carbons (Fsp3) is 0.0556. The van der Waals surface area contributed by atoms with E-state index in [0.29, 0.717) is 34.9 Å². The van der Waals surface area contributed by atoms with Gasteiger partial charge in [0, 0.05) is 69.7 Å². The summed E-state index contributed by atoms with van der Waals surface area (Å²) in [5, 5.41) is 5.05. The molecule has 2 aromatic heterocycles. The number of hydrogen-bond donors (Lipinski definition) is 0. The van der Waals surface area contributed by atoms with E-state index in [1.807, 2.05) is 243 Å². The zero-order valence-electron chi connectivity index (χ0n) is 67.7. The van der Waals surface area contributed by atoms with Gasteiger partial charge in [0.25, 0.3) is 0 Å². The van der Waals surface area contributed by atoms with E-state index in [2.05, 4.69) is 238 Å². The monoisotopic (exact) mass is 1680 g/mol. The molecule has 0 radical (unpaired) electrons. The topological polar surface area (TPSA) is 130 Å². The largest absolute Gasteiger partial charge is 0.494 e. The summed E-state index contributed by atoms with van der Waals surface area (Å²) in [6, 6.07) is 146. The first kappa shape index (κ1) is 80.9. The fourth-order valence-electron chi connectivity index (χ4n) is 14.8. The van der Waals surface area contributed by atoms with Gasteiger partial charge in [0.2, 0.25) is 0 Å². The molecule has 0 amide bonds. The zero-order chi connectivity index (χ0) is 83.5. The van der Waals surface area contributed by atoms with Crippen molar-refractivity contribution in [2.24, 2.45) is 0 Å². The molecule has 0 unspecified atom stereocenters. The molecular weight excluding hydrogens is 1600 g/mol. The highest BCUT2D eigenvalue weighted by atomic mass is 79.9. The first-order chi connectivity index (χ1) is 59.6. The van der Waals surface area contributed by atoms with E-state index in [1.54, 1.807) is 0 Å². The zero-order valence-corrected chi connectivity index (χ0v) is 71.1. The van der Waals surface area contributed by atoms with Crippen molar-refractivity contribution in [3.63, 3.8) is 0 Å². The number of aromatic nitrogens is 6. The van der Waals surface area contributed by atoms with Gasteiger partial charge in [0.15, 0.2) is 49.2 Å². The third-order valence-corrected chi connectivity index (χ3v) is 29.0. The predicted molar refractivity (Wildman–Crippen MR) is 508 cm³/mol. The second-order valence-corrected chi connectivity index (χ2v) is 37.2. The third kappa shape index (κ3) is 17.9. The molecule has 590 valence electrons. The molecule has 16 aromatic carbocycles. The van der Waals surface area contributed by atoms with Crippen LogP contribution in [0, 0.1) is 0 Å². The van der Waals surface area contributed by atoms with E-state index >= 15 is 0 Å². The molecule has 14 heteroatoms. The highest BCUT2D eigenvalue weighted by Gasteiger charge is 2.51. The van der Waals surface area contributed by atoms with Crippen LogP contribution < -0.4 is 37.3 Å². The summed E-state index contributed by atoms with van der Waals surface area (Å²) in [5.41, 5.74) is 17.1. The molecule has 0 saturated carbocycles. The molecule has 0 N–H and O–H groups in total. The van der Waals surface area contributed by atoms with Gasteiger partial charge in [0.05, 0.1) is 11.2 Å². The summed E-state index contributed by atoms with van der Waals surface area (Å²) in [6.07, 6.45) is 0. The van der Waals surface area contributed by atoms with Gasteiger partial charge in [-0.2, -0.15) is 0 Å². The summed E-state index contributed by atoms with van der Waals surface area (Å²) in [5.74, 6) is 3.80. The Hall–Kier alpha value is -13.5. The van der Waals surface area contributed by atoms with Crippen molar-refractivity contribution in [1.29, 1.82) is 0 Å². The highest BCUT2D eigenvalue weighted by Crippen LogP contribution is 2.45. The van der Waals surface area contributed by atoms with Gasteiger partial charge >= 0.3 is 7.12 Å². The summed E-state index contributed by atoms with van der Waals surface area (Å²) >= 11 is 3.43. The number of halogens is 1. The van der Waals surface area contributed by atoms with Crippen LogP contribution in [0.5, 0.6) is 0 Å². The predicted octanol–water partition coefficient (Wildman–Crippen LogP) is 24.1. The fourth-order valence-corrected chi connectivity index (χ4v) is 20.4. The molecular formula is C108H84BBrN6O4P2. The third-order valence-electron chi connectivity index (χ3n) is 22.3. The second-order valence-electron chi connectivity index (χ2n) is 30.8. The maximum Gasteiger partial charge on any atom is 0.494 e. The second kappa shape index (κ2) is 36.2. The van der Waals surface area contributed by atoms with Gasteiger partial charge in [-0.25, -0.2) is 29.9 Å². The molecule has 0 bridgehead atoms. The molecule has 0 aliphatic carbocycles. The van der Waals surface area contributed by atoms with Crippen LogP contribution in [0.4, 0.5) is 0 Å². The lowest BCUT2D eigenvalue weighted by atomic mass is 9.78. The summed E-state index contributed by atoms with van der Waals surface area (Å²) in [4.78, 5) is 29.5. The van der Waals surface area contributed by atoms with Crippen molar-refractivity contribution >= 4 is 74.6 Å². The highest BCUT2D eigenvalue weighted by molar-refractivity contribution is 9.10. The Bertz CT molecular complexity index is 6560. The number of hydrogen-bond acceptors (Lipinski definition) is 10. The van der Waals surface area contributed by atoms with E-state index in [1.165, 1.54) is 11.1 Å². The number of benzene rings is 16. The summed E-state index contributed by atoms with van der Waals surface area (Å²) < 4.78 is 42.1. The SMILES string of the molecule is CC1(C)OB(c2ccc(-c3ccc(-c4nc(-c5ccccc5)nc(-c5ccc(-c6ccccc6)cc5)n4)cc3)cc2)OC1(C)C.O=P(c1ccccc1)(c1ccccc1)c1ccc(-c2ccc(-c3ccc(-c4nc(-c5ccccc5)nc(-c5ccc(-c6ccccc6)cc5)n4)cc3)cc2)cc1.O=P(c1ccccc1)(c1ccccc1)c1ccc(Br)cc1. The van der Waals surface area contributed by atoms with Crippen LogP contribution in [0.25, 0.3) is 124 Å². The molecule has 1 aliphatic rings. The number of rotatable bonds is 18. The first-order valence-corrected chi connectivity index (χ1v) is 44.8. The van der Waals surface area contributed by atoms with Gasteiger partial charge < -0.3 is 18.4 Å². The van der Waals surface area contributed by atoms with Crippen molar-refractivity contribution in [2.75, 3.05) is 0 Å². The van der Waals surface area contributed by atoms with Crippen LogP contribution in [0.15, 0.2) is 441 Å². The van der Waals surface area contributed by atoms with Crippen molar-refractivity contribution < 1.29 is 18.4 Å². The van der Waals surface area contributed by atoms with Crippen LogP contribution in [0.1, 0.15) is 27.7 Å². The van der Waals surface area contributed by atoms with E-state index in [4.69, 9.17) is 39.2 Å². The standard InChI is InChI=1S/C51H36N3OP.C39H34BN3O2.C18H14BrOP/c55-56(46-17-9-3-10-18-46,47-19-11-4-12-20-47)48-35-33-42(34-36-48)40-23-21-39(22-24-40)41-27-31-45(32-28-41)51-53-49(43-15-7-2-8-16-43)52-50(54-51)44-29-25-38(26-30-44)37-13-5-1-6-14-37;1-38(2)39(3,4)45-40(44-38)34-25-23-30(24-26-34)29-17-21-33(22-18-29)37-42-35(31-13-9-6-10-14-31)41-36(43-37)32-19-15-28(16-20-32)27-11-7-5-8-12-27;19-15-11-13-18(14-12-15)21(20,16-7-3-1-4-8-16)17-9-5-2-6-10-17/h1-36H;5-26H,1-4H3;1-14H. The summed E-state index contributed by atoms with van der Waals surface area (Å²) in [6.45, 7) is 8.29. The van der Waals surface area contributed by atoms with Crippen LogP contribution in [-0.4, -0.2) is 48.2 Å². The van der Waals surface area contributed by atoms with Crippen LogP contribution in [0.2, 0.25) is 0 Å². The van der Waals surface area contributed by atoms with Crippen LogP contribution in [-0.2, 0) is 18.4 Å². The Balaban J connectivity index is 0.000000143. The molecule has 0 atom stereocenters. The Kier molecular flexibility index (Phi) is 24.0. The van der Waals surface area contributed by atoms with Gasteiger partial charge in [-0.15, -0.1) is 0 Å². The number of nitrogens with zero attached hydrogens (tertiary/aromatic N) is 6. The normalized spacial score (nSPS) is 12.7. The molecule has 0 spiro atoms. The first-order valence-electron chi connectivity index (χ1n) is 40.6. The lowest BCUT2D eigenvalue weighted by molar-refractivity contribution is 0.00578. The minimum atomic E-state index is -3.02. The van der Waals surface area contributed by atoms with E-state index < -0.39 is 14.3 Å². The molecule has 3 heterocycles. The molecule has 10 nitrogen and oxygen atoms in total. The Morgan fingerprint density at radius 3 is 0.590 bits per heavy atom. The maximum atomic E-state index is 14.8. The minimum Gasteiger partial charge on any atom is -0.399 e. The molecule has 19 rings (SSSR count). The molecule has 1 saturated heterocycles. The van der Waals surface area contributed by atoms with E-state index in [9.17, 15) is 9.13 Å². The molecule has 1 fully saturated rings. The Labute approximate surface area is 721 Å². The quantitative estimate of drug-likeness (QED) is 0.0605. The smallest absolute Gasteiger partial charge is 0.399 e. The van der Waals surface area contributed by atoms with E-state index in [-0.39, 0.29) is 18.3 Å². The summed E-state index contributed by atoms with van der Waals surface area (Å²) in [7, 11) is -6.22. The van der Waals surface area contributed by atoms with E-state index in [0.717, 1.165) is 120 Å². The molecule has 1 aliphatic heterocycles. The Morgan fingerprint density at radius 1 is 0.205 bits per heavy atom.